The van der Waals surface area contributed by atoms with Gasteiger partial charge in [-0.3, -0.25) is 14.9 Å². The van der Waals surface area contributed by atoms with Crippen molar-refractivity contribution in [1.29, 1.82) is 0 Å². The van der Waals surface area contributed by atoms with Gasteiger partial charge in [0, 0.05) is 28.9 Å². The van der Waals surface area contributed by atoms with Crippen LogP contribution in [0.2, 0.25) is 0 Å². The number of rotatable bonds is 7. The van der Waals surface area contributed by atoms with E-state index in [1.54, 1.807) is 45.0 Å². The minimum atomic E-state index is -0.819. The molecule has 7 nitrogen and oxygen atoms in total. The Labute approximate surface area is 206 Å². The van der Waals surface area contributed by atoms with E-state index in [1.807, 2.05) is 24.3 Å². The maximum absolute atomic E-state index is 12.8. The van der Waals surface area contributed by atoms with E-state index >= 15 is 0 Å². The van der Waals surface area contributed by atoms with Gasteiger partial charge in [-0.2, -0.15) is 0 Å². The lowest BCUT2D eigenvalue weighted by Gasteiger charge is -2.25. The van der Waals surface area contributed by atoms with Crippen LogP contribution in [0.15, 0.2) is 53.0 Å². The van der Waals surface area contributed by atoms with Crippen molar-refractivity contribution in [3.05, 3.63) is 64.1 Å². The molecule has 1 fully saturated rings. The number of halogens is 1. The summed E-state index contributed by atoms with van der Waals surface area (Å²) in [6.45, 7) is 6.13. The highest BCUT2D eigenvalue weighted by atomic mass is 79.9. The third kappa shape index (κ3) is 7.58. The average molecular weight is 534 g/mol. The van der Waals surface area contributed by atoms with Crippen molar-refractivity contribution in [3.63, 3.8) is 0 Å². The lowest BCUT2D eigenvalue weighted by atomic mass is 10.0. The van der Waals surface area contributed by atoms with Gasteiger partial charge < -0.3 is 15.4 Å². The van der Waals surface area contributed by atoms with Crippen molar-refractivity contribution in [2.24, 2.45) is 0 Å². The summed E-state index contributed by atoms with van der Waals surface area (Å²) >= 11 is 4.89. The van der Waals surface area contributed by atoms with Crippen LogP contribution in [0.1, 0.15) is 36.7 Å². The fourth-order valence-corrected chi connectivity index (χ4v) is 4.60. The summed E-state index contributed by atoms with van der Waals surface area (Å²) in [6, 6.07) is 13.6. The molecule has 0 unspecified atom stereocenters. The van der Waals surface area contributed by atoms with Crippen LogP contribution in [-0.4, -0.2) is 47.1 Å². The highest BCUT2D eigenvalue weighted by Gasteiger charge is 2.30. The van der Waals surface area contributed by atoms with Crippen LogP contribution in [-0.2, 0) is 20.7 Å². The van der Waals surface area contributed by atoms with Gasteiger partial charge in [0.2, 0.25) is 5.91 Å². The van der Waals surface area contributed by atoms with Gasteiger partial charge in [0.15, 0.2) is 0 Å². The predicted octanol–water partition coefficient (Wildman–Crippen LogP) is 3.73. The highest BCUT2D eigenvalue weighted by Crippen LogP contribution is 2.20. The molecule has 3 rings (SSSR count). The summed E-state index contributed by atoms with van der Waals surface area (Å²) in [5.41, 5.74) is 1.33. The minimum absolute atomic E-state index is 0.226. The fourth-order valence-electron chi connectivity index (χ4n) is 3.21. The van der Waals surface area contributed by atoms with E-state index in [0.717, 1.165) is 17.9 Å². The molecule has 1 aliphatic rings. The Balaban J connectivity index is 1.68. The summed E-state index contributed by atoms with van der Waals surface area (Å²) in [5, 5.41) is 8.43. The number of amides is 2. The molecule has 2 amide bonds. The molecule has 2 atom stereocenters. The number of ether oxygens (including phenoxy) is 1. The smallest absolute Gasteiger partial charge is 0.329 e. The van der Waals surface area contributed by atoms with Crippen LogP contribution in [0.3, 0.4) is 0 Å². The molecule has 0 aliphatic carbocycles. The molecule has 0 saturated carbocycles. The predicted molar refractivity (Wildman–Crippen MR) is 134 cm³/mol. The average Bonchev–Trinajstić information content (AvgIpc) is 3.28. The van der Waals surface area contributed by atoms with Crippen LogP contribution < -0.4 is 16.0 Å². The van der Waals surface area contributed by atoms with Crippen molar-refractivity contribution in [2.45, 2.75) is 44.2 Å². The Bertz CT molecular complexity index is 1000. The molecule has 0 spiro atoms. The van der Waals surface area contributed by atoms with Crippen LogP contribution in [0.25, 0.3) is 0 Å². The Morgan fingerprint density at radius 1 is 1.15 bits per heavy atom. The zero-order chi connectivity index (χ0) is 24.0. The summed E-state index contributed by atoms with van der Waals surface area (Å²) in [4.78, 5) is 37.9. The monoisotopic (exact) mass is 533 g/mol. The number of carbonyl (C=O) groups excluding carboxylic acids is 3. The minimum Gasteiger partial charge on any atom is -0.458 e. The molecule has 0 bridgehead atoms. The van der Waals surface area contributed by atoms with E-state index in [2.05, 4.69) is 31.9 Å². The number of hydrogen-bond donors (Lipinski definition) is 3. The van der Waals surface area contributed by atoms with Crippen molar-refractivity contribution in [1.82, 2.24) is 10.6 Å². The molecule has 176 valence electrons. The Hall–Kier alpha value is -2.36. The second-order valence-corrected chi connectivity index (χ2v) is 10.7. The van der Waals surface area contributed by atoms with Gasteiger partial charge >= 0.3 is 5.97 Å². The van der Waals surface area contributed by atoms with Crippen molar-refractivity contribution >= 4 is 51.2 Å². The van der Waals surface area contributed by atoms with Gasteiger partial charge in [-0.25, -0.2) is 4.79 Å². The second-order valence-electron chi connectivity index (χ2n) is 8.63. The molecule has 1 saturated heterocycles. The number of esters is 1. The molecule has 2 aromatic rings. The lowest BCUT2D eigenvalue weighted by Crippen LogP contribution is -2.50. The number of thioether (sulfide) groups is 1. The molecule has 1 heterocycles. The van der Waals surface area contributed by atoms with Gasteiger partial charge in [-0.15, -0.1) is 11.8 Å². The van der Waals surface area contributed by atoms with Crippen LogP contribution >= 0.6 is 27.7 Å². The topological polar surface area (TPSA) is 96.5 Å². The first-order valence-corrected chi connectivity index (χ1v) is 12.5. The van der Waals surface area contributed by atoms with E-state index < -0.39 is 17.6 Å². The van der Waals surface area contributed by atoms with Crippen LogP contribution in [0, 0.1) is 0 Å². The Kier molecular flexibility index (Phi) is 8.56. The van der Waals surface area contributed by atoms with Gasteiger partial charge in [0.25, 0.3) is 5.91 Å². The van der Waals surface area contributed by atoms with E-state index in [9.17, 15) is 14.4 Å². The fraction of sp³-hybridized carbons (Fsp3) is 0.375. The molecule has 3 N–H and O–H groups in total. The number of hydrogen-bond acceptors (Lipinski definition) is 6. The summed E-state index contributed by atoms with van der Waals surface area (Å²) in [6.07, 6.45) is 0.274. The molecule has 0 radical (unpaired) electrons. The second kappa shape index (κ2) is 11.2. The van der Waals surface area contributed by atoms with Crippen molar-refractivity contribution in [3.8, 4) is 0 Å². The maximum Gasteiger partial charge on any atom is 0.329 e. The van der Waals surface area contributed by atoms with Crippen LogP contribution in [0.5, 0.6) is 0 Å². The molecule has 2 aromatic carbocycles. The van der Waals surface area contributed by atoms with E-state index in [0.29, 0.717) is 15.7 Å². The maximum atomic E-state index is 12.8. The number of benzene rings is 2. The van der Waals surface area contributed by atoms with Crippen molar-refractivity contribution < 1.29 is 19.1 Å². The highest BCUT2D eigenvalue weighted by molar-refractivity contribution is 9.10. The standard InChI is InChI=1S/C24H28BrN3O4S/c1-24(2,3)32-23(31)19(28-21(30)22-26-12-13-33-22)14-15-8-10-16(11-9-15)27-20(29)17-6-4-5-7-18(17)25/h4-11,19,22,26H,12-14H2,1-3H3,(H,27,29)(H,28,30)/t19-,22+/m1/s1. The third-order valence-corrected chi connectivity index (χ3v) is 6.58. The first-order valence-electron chi connectivity index (χ1n) is 10.7. The number of carbonyl (C=O) groups is 3. The Morgan fingerprint density at radius 3 is 2.45 bits per heavy atom. The summed E-state index contributed by atoms with van der Waals surface area (Å²) in [7, 11) is 0. The molecule has 33 heavy (non-hydrogen) atoms. The quantitative estimate of drug-likeness (QED) is 0.469. The normalized spacial score (nSPS) is 16.7. The van der Waals surface area contributed by atoms with E-state index in [1.165, 1.54) is 11.8 Å². The SMILES string of the molecule is CC(C)(C)OC(=O)[C@@H](Cc1ccc(NC(=O)c2ccccc2Br)cc1)NC(=O)[C@H]1NCCS1. The van der Waals surface area contributed by atoms with Gasteiger partial charge in [-0.05, 0) is 66.5 Å². The van der Waals surface area contributed by atoms with Gasteiger partial charge in [0.05, 0.1) is 5.56 Å². The van der Waals surface area contributed by atoms with E-state index in [4.69, 9.17) is 4.74 Å². The molecule has 1 aliphatic heterocycles. The first kappa shape index (κ1) is 25.3. The summed E-state index contributed by atoms with van der Waals surface area (Å²) in [5.74, 6) is -0.0893. The lowest BCUT2D eigenvalue weighted by molar-refractivity contribution is -0.158. The molecular weight excluding hydrogens is 506 g/mol. The van der Waals surface area contributed by atoms with Crippen LogP contribution in [0.4, 0.5) is 5.69 Å². The number of nitrogens with one attached hydrogen (secondary N) is 3. The molecular formula is C24H28BrN3O4S. The largest absolute Gasteiger partial charge is 0.458 e. The van der Waals surface area contributed by atoms with Gasteiger partial charge in [-0.1, -0.05) is 24.3 Å². The van der Waals surface area contributed by atoms with E-state index in [-0.39, 0.29) is 23.6 Å². The molecule has 9 heteroatoms. The third-order valence-electron chi connectivity index (χ3n) is 4.73. The Morgan fingerprint density at radius 2 is 1.85 bits per heavy atom. The zero-order valence-corrected chi connectivity index (χ0v) is 21.2. The summed E-state index contributed by atoms with van der Waals surface area (Å²) < 4.78 is 6.24. The number of anilines is 1. The van der Waals surface area contributed by atoms with Crippen molar-refractivity contribution in [2.75, 3.05) is 17.6 Å². The molecule has 0 aromatic heterocycles. The van der Waals surface area contributed by atoms with Gasteiger partial charge in [0.1, 0.15) is 17.0 Å². The zero-order valence-electron chi connectivity index (χ0n) is 18.8. The first-order chi connectivity index (χ1) is 15.6.